The second kappa shape index (κ2) is 6.20. The van der Waals surface area contributed by atoms with Gasteiger partial charge in [0.25, 0.3) is 0 Å². The van der Waals surface area contributed by atoms with Crippen LogP contribution < -0.4 is 5.32 Å². The minimum Gasteiger partial charge on any atom is -0.308 e. The van der Waals surface area contributed by atoms with Crippen molar-refractivity contribution in [3.63, 3.8) is 0 Å². The van der Waals surface area contributed by atoms with Gasteiger partial charge < -0.3 is 5.32 Å². The van der Waals surface area contributed by atoms with Crippen molar-refractivity contribution in [3.8, 4) is 0 Å². The maximum Gasteiger partial charge on any atom is 0.0834 e. The summed E-state index contributed by atoms with van der Waals surface area (Å²) in [5, 5.41) is 8.77. The van der Waals surface area contributed by atoms with E-state index in [-0.39, 0.29) is 6.04 Å². The molecule has 3 nitrogen and oxygen atoms in total. The average molecular weight is 304 g/mol. The van der Waals surface area contributed by atoms with Gasteiger partial charge in [0.2, 0.25) is 0 Å². The van der Waals surface area contributed by atoms with Crippen molar-refractivity contribution in [2.45, 2.75) is 38.1 Å². The van der Waals surface area contributed by atoms with Crippen LogP contribution in [-0.4, -0.2) is 16.3 Å². The summed E-state index contributed by atoms with van der Waals surface area (Å²) in [6.45, 7) is 3.18. The first-order valence-electron chi connectivity index (χ1n) is 7.71. The van der Waals surface area contributed by atoms with Crippen LogP contribution in [0.3, 0.4) is 0 Å². The molecule has 4 heteroatoms. The molecule has 2 unspecified atom stereocenters. The van der Waals surface area contributed by atoms with E-state index < -0.39 is 0 Å². The average Bonchev–Trinajstić information content (AvgIpc) is 3.06. The number of hydrogen-bond acceptors (Lipinski definition) is 2. The summed E-state index contributed by atoms with van der Waals surface area (Å²) < 4.78 is 1.91. The Hall–Kier alpha value is -1.32. The number of aryl methyl sites for hydroxylation is 2. The molecule has 0 bridgehead atoms. The third-order valence-corrected chi connectivity index (χ3v) is 4.72. The largest absolute Gasteiger partial charge is 0.308 e. The SMILES string of the molecule is CCCNC(c1c(Cl)cnn1C)C1CCc2ccccc21. The lowest BCUT2D eigenvalue weighted by Crippen LogP contribution is -2.29. The van der Waals surface area contributed by atoms with E-state index >= 15 is 0 Å². The Morgan fingerprint density at radius 3 is 2.95 bits per heavy atom. The molecular weight excluding hydrogens is 282 g/mol. The molecule has 3 rings (SSSR count). The number of fused-ring (bicyclic) bond motifs is 1. The first kappa shape index (κ1) is 14.6. The van der Waals surface area contributed by atoms with Gasteiger partial charge in [0.15, 0.2) is 0 Å². The molecule has 112 valence electrons. The van der Waals surface area contributed by atoms with Gasteiger partial charge in [-0.2, -0.15) is 5.10 Å². The Morgan fingerprint density at radius 1 is 1.43 bits per heavy atom. The van der Waals surface area contributed by atoms with Crippen LogP contribution in [0.4, 0.5) is 0 Å². The van der Waals surface area contributed by atoms with Crippen LogP contribution in [0.2, 0.25) is 5.02 Å². The summed E-state index contributed by atoms with van der Waals surface area (Å²) in [5.74, 6) is 0.473. The van der Waals surface area contributed by atoms with Gasteiger partial charge in [0.05, 0.1) is 23.0 Å². The van der Waals surface area contributed by atoms with Gasteiger partial charge in [-0.1, -0.05) is 42.8 Å². The molecule has 0 fully saturated rings. The molecule has 0 saturated heterocycles. The number of nitrogens with one attached hydrogen (secondary N) is 1. The molecule has 0 radical (unpaired) electrons. The van der Waals surface area contributed by atoms with Crippen LogP contribution in [0, 0.1) is 0 Å². The van der Waals surface area contributed by atoms with Crippen LogP contribution >= 0.6 is 11.6 Å². The van der Waals surface area contributed by atoms with Gasteiger partial charge in [0, 0.05) is 13.0 Å². The van der Waals surface area contributed by atoms with E-state index in [0.717, 1.165) is 30.1 Å². The van der Waals surface area contributed by atoms with E-state index in [0.29, 0.717) is 5.92 Å². The summed E-state index contributed by atoms with van der Waals surface area (Å²) in [6, 6.07) is 9.01. The van der Waals surface area contributed by atoms with Gasteiger partial charge in [-0.25, -0.2) is 0 Å². The Bertz CT molecular complexity index is 601. The van der Waals surface area contributed by atoms with Crippen molar-refractivity contribution in [1.29, 1.82) is 0 Å². The molecule has 0 amide bonds. The highest BCUT2D eigenvalue weighted by molar-refractivity contribution is 6.31. The Morgan fingerprint density at radius 2 is 2.24 bits per heavy atom. The summed E-state index contributed by atoms with van der Waals surface area (Å²) in [4.78, 5) is 0. The van der Waals surface area contributed by atoms with E-state index in [9.17, 15) is 0 Å². The monoisotopic (exact) mass is 303 g/mol. The lowest BCUT2D eigenvalue weighted by molar-refractivity contribution is 0.419. The Labute approximate surface area is 131 Å². The molecule has 1 N–H and O–H groups in total. The molecule has 2 atom stereocenters. The number of benzene rings is 1. The third-order valence-electron chi connectivity index (χ3n) is 4.43. The molecule has 1 aromatic carbocycles. The molecule has 1 aliphatic rings. The number of rotatable bonds is 5. The van der Waals surface area contributed by atoms with E-state index in [4.69, 9.17) is 11.6 Å². The molecule has 1 aliphatic carbocycles. The normalized spacial score (nSPS) is 18.7. The summed E-state index contributed by atoms with van der Waals surface area (Å²) in [6.07, 6.45) is 5.18. The lowest BCUT2D eigenvalue weighted by Gasteiger charge is -2.26. The molecular formula is C17H22ClN3. The third kappa shape index (κ3) is 2.72. The van der Waals surface area contributed by atoms with Crippen LogP contribution in [0.5, 0.6) is 0 Å². The van der Waals surface area contributed by atoms with Gasteiger partial charge >= 0.3 is 0 Å². The van der Waals surface area contributed by atoms with Gasteiger partial charge in [-0.05, 0) is 36.9 Å². The molecule has 21 heavy (non-hydrogen) atoms. The fourth-order valence-corrected chi connectivity index (χ4v) is 3.72. The maximum atomic E-state index is 6.40. The van der Waals surface area contributed by atoms with Crippen molar-refractivity contribution in [3.05, 3.63) is 52.3 Å². The van der Waals surface area contributed by atoms with E-state index in [1.54, 1.807) is 6.20 Å². The number of hydrogen-bond donors (Lipinski definition) is 1. The Kier molecular flexibility index (Phi) is 4.32. The summed E-state index contributed by atoms with van der Waals surface area (Å²) >= 11 is 6.40. The molecule has 2 aromatic rings. The maximum absolute atomic E-state index is 6.40. The van der Waals surface area contributed by atoms with Crippen molar-refractivity contribution in [2.24, 2.45) is 7.05 Å². The first-order valence-corrected chi connectivity index (χ1v) is 8.08. The topological polar surface area (TPSA) is 29.9 Å². The van der Waals surface area contributed by atoms with Crippen LogP contribution in [-0.2, 0) is 13.5 Å². The summed E-state index contributed by atoms with van der Waals surface area (Å²) in [7, 11) is 1.97. The van der Waals surface area contributed by atoms with Crippen molar-refractivity contribution >= 4 is 11.6 Å². The second-order valence-electron chi connectivity index (χ2n) is 5.78. The number of halogens is 1. The van der Waals surface area contributed by atoms with Crippen LogP contribution in [0.25, 0.3) is 0 Å². The molecule has 0 saturated carbocycles. The van der Waals surface area contributed by atoms with Crippen LogP contribution in [0.1, 0.15) is 48.5 Å². The van der Waals surface area contributed by atoms with E-state index in [2.05, 4.69) is 41.6 Å². The molecule has 1 aromatic heterocycles. The predicted octanol–water partition coefficient (Wildman–Crippen LogP) is 3.84. The van der Waals surface area contributed by atoms with Crippen molar-refractivity contribution < 1.29 is 0 Å². The predicted molar refractivity (Wildman–Crippen MR) is 86.8 cm³/mol. The first-order chi connectivity index (χ1) is 10.2. The number of nitrogens with zero attached hydrogens (tertiary/aromatic N) is 2. The standard InChI is InChI=1S/C17H22ClN3/c1-3-10-19-16(17-15(18)11-20-21(17)2)14-9-8-12-6-4-5-7-13(12)14/h4-7,11,14,16,19H,3,8-10H2,1-2H3. The van der Waals surface area contributed by atoms with Gasteiger partial charge in [-0.3, -0.25) is 4.68 Å². The molecule has 0 spiro atoms. The highest BCUT2D eigenvalue weighted by Crippen LogP contribution is 2.42. The molecule has 1 heterocycles. The van der Waals surface area contributed by atoms with Gasteiger partial charge in [0.1, 0.15) is 0 Å². The van der Waals surface area contributed by atoms with Crippen molar-refractivity contribution in [1.82, 2.24) is 15.1 Å². The number of aromatic nitrogens is 2. The minimum absolute atomic E-state index is 0.230. The van der Waals surface area contributed by atoms with E-state index in [1.165, 1.54) is 17.5 Å². The van der Waals surface area contributed by atoms with Gasteiger partial charge in [-0.15, -0.1) is 0 Å². The smallest absolute Gasteiger partial charge is 0.0834 e. The highest BCUT2D eigenvalue weighted by atomic mass is 35.5. The highest BCUT2D eigenvalue weighted by Gasteiger charge is 2.33. The zero-order valence-corrected chi connectivity index (χ0v) is 13.4. The molecule has 0 aliphatic heterocycles. The lowest BCUT2D eigenvalue weighted by atomic mass is 9.90. The Balaban J connectivity index is 1.98. The zero-order chi connectivity index (χ0) is 14.8. The fraction of sp³-hybridized carbons (Fsp3) is 0.471. The second-order valence-corrected chi connectivity index (χ2v) is 6.18. The van der Waals surface area contributed by atoms with Crippen LogP contribution in [0.15, 0.2) is 30.5 Å². The fourth-order valence-electron chi connectivity index (χ4n) is 3.44. The zero-order valence-electron chi connectivity index (χ0n) is 12.6. The minimum atomic E-state index is 0.230. The van der Waals surface area contributed by atoms with E-state index in [1.807, 2.05) is 11.7 Å². The van der Waals surface area contributed by atoms with Crippen molar-refractivity contribution in [2.75, 3.05) is 6.54 Å². The quantitative estimate of drug-likeness (QED) is 0.909. The summed E-state index contributed by atoms with van der Waals surface area (Å²) in [5.41, 5.74) is 4.04.